The maximum atomic E-state index is 10.7. The molecule has 0 aromatic carbocycles. The van der Waals surface area contributed by atoms with Gasteiger partial charge in [-0.1, -0.05) is 0 Å². The third-order valence-electron chi connectivity index (χ3n) is 1.38. The Bertz CT molecular complexity index is 268. The fourth-order valence-corrected chi connectivity index (χ4v) is 0.749. The van der Waals surface area contributed by atoms with E-state index in [0.29, 0.717) is 0 Å². The van der Waals surface area contributed by atoms with Crippen LogP contribution in [0, 0.1) is 5.92 Å². The normalized spacial score (nSPS) is 58.5. The molecule has 2 N–H and O–H groups in total. The number of carboxylic acids is 1. The highest BCUT2D eigenvalue weighted by Gasteiger charge is 2.24. The van der Waals surface area contributed by atoms with Gasteiger partial charge in [-0.2, -0.15) is 0 Å². The Morgan fingerprint density at radius 2 is 2.10 bits per heavy atom. The molecule has 1 saturated carbocycles. The topological polar surface area (TPSA) is 57.5 Å². The van der Waals surface area contributed by atoms with E-state index in [0.717, 1.165) is 0 Å². The van der Waals surface area contributed by atoms with Crippen LogP contribution < -0.4 is 0 Å². The fourth-order valence-electron chi connectivity index (χ4n) is 0.749. The SMILES string of the molecule is [2H]C1([2H])CC(C(=O)O)CC([2H])([2H])C1([2H])O. The monoisotopic (exact) mass is 149 g/mol. The molecule has 0 atom stereocenters. The van der Waals surface area contributed by atoms with Crippen LogP contribution in [0.5, 0.6) is 0 Å². The molecule has 3 nitrogen and oxygen atoms in total. The number of carboxylic acid groups (broad SMARTS) is 1. The van der Waals surface area contributed by atoms with Crippen LogP contribution in [0.4, 0.5) is 0 Å². The van der Waals surface area contributed by atoms with Gasteiger partial charge in [0.15, 0.2) is 0 Å². The predicted octanol–water partition coefficient (Wildman–Crippen LogP) is 0.622. The zero-order chi connectivity index (χ0) is 12.1. The summed E-state index contributed by atoms with van der Waals surface area (Å²) >= 11 is 0. The highest BCUT2D eigenvalue weighted by molar-refractivity contribution is 5.69. The van der Waals surface area contributed by atoms with Crippen LogP contribution in [0.25, 0.3) is 0 Å². The van der Waals surface area contributed by atoms with Gasteiger partial charge >= 0.3 is 5.97 Å². The van der Waals surface area contributed by atoms with Gasteiger partial charge < -0.3 is 10.2 Å². The first-order valence-electron chi connectivity index (χ1n) is 5.46. The molecule has 1 rings (SSSR count). The second kappa shape index (κ2) is 3.01. The van der Waals surface area contributed by atoms with E-state index in [1.165, 1.54) is 0 Å². The van der Waals surface area contributed by atoms with Crippen LogP contribution in [0.15, 0.2) is 0 Å². The molecule has 0 unspecified atom stereocenters. The van der Waals surface area contributed by atoms with Gasteiger partial charge in [-0.15, -0.1) is 0 Å². The average Bonchev–Trinajstić information content (AvgIpc) is 1.99. The zero-order valence-electron chi connectivity index (χ0n) is 10.3. The highest BCUT2D eigenvalue weighted by atomic mass is 16.4. The van der Waals surface area contributed by atoms with Crippen LogP contribution in [0.3, 0.4) is 0 Å². The van der Waals surface area contributed by atoms with Crippen LogP contribution in [0.2, 0.25) is 0 Å². The molecule has 0 saturated heterocycles. The number of carbonyl (C=O) groups is 1. The summed E-state index contributed by atoms with van der Waals surface area (Å²) in [5, 5.41) is 18.2. The molecule has 3 heteroatoms. The van der Waals surface area contributed by atoms with E-state index in [2.05, 4.69) is 0 Å². The van der Waals surface area contributed by atoms with Crippen LogP contribution in [-0.2, 0) is 4.79 Å². The van der Waals surface area contributed by atoms with E-state index < -0.39 is 43.6 Å². The molecule has 1 fully saturated rings. The molecular weight excluding hydrogens is 132 g/mol. The maximum absolute atomic E-state index is 10.7. The quantitative estimate of drug-likeness (QED) is 0.574. The average molecular weight is 149 g/mol. The van der Waals surface area contributed by atoms with Crippen molar-refractivity contribution < 1.29 is 21.9 Å². The molecule has 0 heterocycles. The van der Waals surface area contributed by atoms with Gasteiger partial charge in [-0.25, -0.2) is 0 Å². The molecule has 58 valence electrons. The highest BCUT2D eigenvalue weighted by Crippen LogP contribution is 2.23. The largest absolute Gasteiger partial charge is 0.481 e. The molecule has 1 aliphatic carbocycles. The summed E-state index contributed by atoms with van der Waals surface area (Å²) in [4.78, 5) is 10.7. The minimum atomic E-state index is -2.91. The van der Waals surface area contributed by atoms with Gasteiger partial charge in [0.1, 0.15) is 0 Å². The van der Waals surface area contributed by atoms with E-state index in [-0.39, 0.29) is 0 Å². The molecule has 0 aromatic heterocycles. The summed E-state index contributed by atoms with van der Waals surface area (Å²) < 4.78 is 36.6. The Balaban J connectivity index is 3.07. The molecule has 1 aliphatic rings. The minimum Gasteiger partial charge on any atom is -0.481 e. The molecule has 10 heavy (non-hydrogen) atoms. The molecule has 0 spiro atoms. The van der Waals surface area contributed by atoms with Crippen molar-refractivity contribution in [2.24, 2.45) is 5.92 Å². The van der Waals surface area contributed by atoms with Crippen molar-refractivity contribution in [2.75, 3.05) is 0 Å². The second-order valence-corrected chi connectivity index (χ2v) is 2.15. The van der Waals surface area contributed by atoms with Crippen molar-refractivity contribution in [1.82, 2.24) is 0 Å². The van der Waals surface area contributed by atoms with Crippen LogP contribution in [-0.4, -0.2) is 22.3 Å². The second-order valence-electron chi connectivity index (χ2n) is 2.15. The first-order valence-corrected chi connectivity index (χ1v) is 2.96. The number of aliphatic carboxylic acids is 1. The standard InChI is InChI=1S/C7H12O3/c8-6-3-1-5(2-4-6)7(9)10/h5-6,8H,1-4H2,(H,9,10)/i3D2,4D2,6D. The predicted molar refractivity (Wildman–Crippen MR) is 35.6 cm³/mol. The number of aliphatic hydroxyl groups is 1. The van der Waals surface area contributed by atoms with E-state index in [1.54, 1.807) is 0 Å². The van der Waals surface area contributed by atoms with Crippen LogP contribution in [0.1, 0.15) is 32.4 Å². The van der Waals surface area contributed by atoms with Crippen molar-refractivity contribution >= 4 is 5.97 Å². The summed E-state index contributed by atoms with van der Waals surface area (Å²) in [6.45, 7) is 0. The molecular formula is C7H12O3. The Kier molecular flexibility index (Phi) is 0.969. The van der Waals surface area contributed by atoms with E-state index in [1.807, 2.05) is 0 Å². The summed E-state index contributed by atoms with van der Waals surface area (Å²) in [7, 11) is 0. The van der Waals surface area contributed by atoms with Gasteiger partial charge in [-0.3, -0.25) is 4.79 Å². The lowest BCUT2D eigenvalue weighted by atomic mass is 9.88. The van der Waals surface area contributed by atoms with E-state index in [4.69, 9.17) is 12.0 Å². The van der Waals surface area contributed by atoms with Gasteiger partial charge in [0.2, 0.25) is 0 Å². The Morgan fingerprint density at radius 1 is 1.60 bits per heavy atom. The minimum absolute atomic E-state index is 0.554. The van der Waals surface area contributed by atoms with Gasteiger partial charge in [0, 0.05) is 5.48 Å². The molecule has 0 aliphatic heterocycles. The Labute approximate surface area is 66.7 Å². The third-order valence-corrected chi connectivity index (χ3v) is 1.38. The van der Waals surface area contributed by atoms with Crippen LogP contribution >= 0.6 is 0 Å². The van der Waals surface area contributed by atoms with Gasteiger partial charge in [0.05, 0.1) is 13.4 Å². The Morgan fingerprint density at radius 3 is 2.50 bits per heavy atom. The number of rotatable bonds is 1. The van der Waals surface area contributed by atoms with Gasteiger partial charge in [0.25, 0.3) is 0 Å². The Hall–Kier alpha value is -0.570. The number of hydrogen-bond acceptors (Lipinski definition) is 2. The van der Waals surface area contributed by atoms with Crippen molar-refractivity contribution in [3.05, 3.63) is 0 Å². The van der Waals surface area contributed by atoms with Crippen molar-refractivity contribution in [3.63, 3.8) is 0 Å². The summed E-state index contributed by atoms with van der Waals surface area (Å²) in [6.07, 6.45) is -9.16. The lowest BCUT2D eigenvalue weighted by molar-refractivity contribution is -0.143. The fraction of sp³-hybridized carbons (Fsp3) is 0.857. The third kappa shape index (κ3) is 1.70. The lowest BCUT2D eigenvalue weighted by Gasteiger charge is -2.21. The van der Waals surface area contributed by atoms with Crippen molar-refractivity contribution in [2.45, 2.75) is 31.7 Å². The van der Waals surface area contributed by atoms with E-state index in [9.17, 15) is 9.90 Å². The first kappa shape index (κ1) is 3.22. The maximum Gasteiger partial charge on any atom is 0.306 e. The summed E-state index contributed by atoms with van der Waals surface area (Å²) in [6, 6.07) is 0. The van der Waals surface area contributed by atoms with E-state index >= 15 is 0 Å². The number of hydrogen-bond donors (Lipinski definition) is 2. The lowest BCUT2D eigenvalue weighted by Crippen LogP contribution is -2.23. The smallest absolute Gasteiger partial charge is 0.306 e. The summed E-state index contributed by atoms with van der Waals surface area (Å²) in [5.41, 5.74) is 0. The summed E-state index contributed by atoms with van der Waals surface area (Å²) in [5.74, 6) is -2.51. The molecule has 0 bridgehead atoms. The van der Waals surface area contributed by atoms with Gasteiger partial charge in [-0.05, 0) is 25.6 Å². The molecule has 0 amide bonds. The van der Waals surface area contributed by atoms with Crippen molar-refractivity contribution in [3.8, 4) is 0 Å². The zero-order valence-corrected chi connectivity index (χ0v) is 5.29. The first-order chi connectivity index (χ1) is 6.51. The van der Waals surface area contributed by atoms with Crippen molar-refractivity contribution in [1.29, 1.82) is 0 Å². The molecule has 0 radical (unpaired) electrons. The molecule has 0 aromatic rings.